The molecule has 0 bridgehead atoms. The smallest absolute Gasteiger partial charge is 0.272 e. The molecule has 0 spiro atoms. The molecule has 0 saturated heterocycles. The first-order valence-electron chi connectivity index (χ1n) is 10.6. The molecule has 1 aromatic carbocycles. The molecule has 9 heteroatoms. The Kier molecular flexibility index (Phi) is 6.54. The number of aromatic nitrogens is 2. The number of rotatable bonds is 4. The van der Waals surface area contributed by atoms with E-state index in [-0.39, 0.29) is 22.8 Å². The van der Waals surface area contributed by atoms with E-state index in [1.807, 2.05) is 13.8 Å². The van der Waals surface area contributed by atoms with Crippen molar-refractivity contribution in [1.29, 1.82) is 0 Å². The third-order valence-corrected chi connectivity index (χ3v) is 6.38. The van der Waals surface area contributed by atoms with Crippen LogP contribution in [-0.2, 0) is 14.6 Å². The van der Waals surface area contributed by atoms with Gasteiger partial charge in [-0.2, -0.15) is 4.98 Å². The highest BCUT2D eigenvalue weighted by atomic mass is 32.2. The van der Waals surface area contributed by atoms with Crippen molar-refractivity contribution < 1.29 is 17.9 Å². The van der Waals surface area contributed by atoms with E-state index in [9.17, 15) is 13.2 Å². The Hall–Kier alpha value is -2.68. The summed E-state index contributed by atoms with van der Waals surface area (Å²) in [4.78, 5) is 23.9. The molecule has 4 rings (SSSR count). The number of hydrogen-bond donors (Lipinski definition) is 1. The van der Waals surface area contributed by atoms with Gasteiger partial charge in [-0.3, -0.25) is 9.69 Å². The second kappa shape index (κ2) is 8.82. The summed E-state index contributed by atoms with van der Waals surface area (Å²) in [5.41, 5.74) is -0.429. The summed E-state index contributed by atoms with van der Waals surface area (Å²) in [5, 5.41) is 3.03. The minimum atomic E-state index is -3.33. The molecule has 8 nitrogen and oxygen atoms in total. The van der Waals surface area contributed by atoms with Crippen LogP contribution < -0.4 is 15.0 Å². The Morgan fingerprint density at radius 3 is 2.52 bits per heavy atom. The zero-order valence-corrected chi connectivity index (χ0v) is 19.5. The molecule has 168 valence electrons. The maximum atomic E-state index is 13.1. The van der Waals surface area contributed by atoms with Gasteiger partial charge in [0.1, 0.15) is 0 Å². The van der Waals surface area contributed by atoms with Crippen LogP contribution in [0.5, 0.6) is 5.75 Å². The third-order valence-electron chi connectivity index (χ3n) is 5.27. The van der Waals surface area contributed by atoms with Gasteiger partial charge in [-0.15, -0.1) is 0 Å². The summed E-state index contributed by atoms with van der Waals surface area (Å²) in [6.45, 7) is 7.51. The van der Waals surface area contributed by atoms with Crippen molar-refractivity contribution in [3.05, 3.63) is 30.5 Å². The van der Waals surface area contributed by atoms with Crippen molar-refractivity contribution in [2.75, 3.05) is 16.5 Å². The predicted molar refractivity (Wildman–Crippen MR) is 121 cm³/mol. The number of hydrogen-bond acceptors (Lipinski definition) is 7. The lowest BCUT2D eigenvalue weighted by molar-refractivity contribution is -0.133. The van der Waals surface area contributed by atoms with E-state index in [1.54, 1.807) is 37.1 Å². The Bertz CT molecular complexity index is 1060. The molecule has 0 radical (unpaired) electrons. The van der Waals surface area contributed by atoms with Crippen LogP contribution in [0.15, 0.2) is 35.4 Å². The van der Waals surface area contributed by atoms with E-state index in [0.29, 0.717) is 17.3 Å². The quantitative estimate of drug-likeness (QED) is 0.754. The molecule has 1 amide bonds. The molecule has 1 aromatic heterocycles. The highest BCUT2D eigenvalue weighted by molar-refractivity contribution is 7.90. The summed E-state index contributed by atoms with van der Waals surface area (Å²) >= 11 is 0. The molecule has 2 aromatic rings. The van der Waals surface area contributed by atoms with Crippen molar-refractivity contribution >= 4 is 33.2 Å². The van der Waals surface area contributed by atoms with Crippen LogP contribution in [0.25, 0.3) is 0 Å². The normalized spacial score (nSPS) is 18.0. The van der Waals surface area contributed by atoms with Gasteiger partial charge in [0, 0.05) is 18.0 Å². The van der Waals surface area contributed by atoms with Crippen LogP contribution >= 0.6 is 0 Å². The standard InChI is InChI=1S/C20H24N4O4S.C2H6/c1-20(2)18(25)24(14-8-4-5-9-14)17-16(28-20)12-21-19(23-17)22-13-7-6-10-15(11-13)29(3,26)27;1-2/h6-7,10-12,14H,4-5,8-9H2,1-3H3,(H,21,22,23);1-2H3. The fraction of sp³-hybridized carbons (Fsp3) is 0.500. The lowest BCUT2D eigenvalue weighted by atomic mass is 10.0. The van der Waals surface area contributed by atoms with Gasteiger partial charge < -0.3 is 10.1 Å². The molecule has 0 atom stereocenters. The minimum absolute atomic E-state index is 0.0979. The molecule has 1 N–H and O–H groups in total. The van der Waals surface area contributed by atoms with Crippen molar-refractivity contribution in [3.8, 4) is 5.75 Å². The van der Waals surface area contributed by atoms with E-state index in [4.69, 9.17) is 4.74 Å². The number of amides is 1. The molecular formula is C22H30N4O4S. The van der Waals surface area contributed by atoms with Gasteiger partial charge in [-0.1, -0.05) is 32.8 Å². The van der Waals surface area contributed by atoms with E-state index in [1.165, 1.54) is 12.1 Å². The Balaban J connectivity index is 0.00000132. The van der Waals surface area contributed by atoms with E-state index in [0.717, 1.165) is 31.9 Å². The largest absolute Gasteiger partial charge is 0.472 e. The van der Waals surface area contributed by atoms with Gasteiger partial charge in [-0.25, -0.2) is 13.4 Å². The maximum Gasteiger partial charge on any atom is 0.272 e. The molecule has 0 unspecified atom stereocenters. The summed E-state index contributed by atoms with van der Waals surface area (Å²) in [6.07, 6.45) is 6.75. The molecule has 1 saturated carbocycles. The van der Waals surface area contributed by atoms with Crippen LogP contribution in [0.4, 0.5) is 17.5 Å². The molecule has 2 heterocycles. The monoisotopic (exact) mass is 446 g/mol. The fourth-order valence-corrected chi connectivity index (χ4v) is 4.47. The number of ether oxygens (including phenoxy) is 1. The predicted octanol–water partition coefficient (Wildman–Crippen LogP) is 4.10. The van der Waals surface area contributed by atoms with Crippen molar-refractivity contribution in [3.63, 3.8) is 0 Å². The number of nitrogens with one attached hydrogen (secondary N) is 1. The van der Waals surface area contributed by atoms with Crippen LogP contribution in [0.2, 0.25) is 0 Å². The van der Waals surface area contributed by atoms with Crippen LogP contribution in [0.3, 0.4) is 0 Å². The Labute approximate surface area is 184 Å². The highest BCUT2D eigenvalue weighted by Crippen LogP contribution is 2.40. The number of nitrogens with zero attached hydrogens (tertiary/aromatic N) is 3. The third kappa shape index (κ3) is 4.81. The Morgan fingerprint density at radius 2 is 1.87 bits per heavy atom. The van der Waals surface area contributed by atoms with Gasteiger partial charge in [-0.05, 0) is 44.9 Å². The molecule has 1 aliphatic carbocycles. The molecule has 2 aliphatic rings. The number of benzene rings is 1. The number of anilines is 3. The van der Waals surface area contributed by atoms with Crippen molar-refractivity contribution in [2.45, 2.75) is 69.9 Å². The van der Waals surface area contributed by atoms with Crippen LogP contribution in [0, 0.1) is 0 Å². The van der Waals surface area contributed by atoms with E-state index < -0.39 is 15.4 Å². The summed E-state index contributed by atoms with van der Waals surface area (Å²) in [5.74, 6) is 1.09. The van der Waals surface area contributed by atoms with Gasteiger partial charge >= 0.3 is 0 Å². The summed E-state index contributed by atoms with van der Waals surface area (Å²) < 4.78 is 29.5. The minimum Gasteiger partial charge on any atom is -0.472 e. The number of carbonyl (C=O) groups excluding carboxylic acids is 1. The van der Waals surface area contributed by atoms with E-state index >= 15 is 0 Å². The topological polar surface area (TPSA) is 101 Å². The summed E-state index contributed by atoms with van der Waals surface area (Å²) in [6, 6.07) is 6.54. The summed E-state index contributed by atoms with van der Waals surface area (Å²) in [7, 11) is -3.33. The lowest BCUT2D eigenvalue weighted by Gasteiger charge is -2.40. The second-order valence-corrected chi connectivity index (χ2v) is 10.0. The van der Waals surface area contributed by atoms with E-state index in [2.05, 4.69) is 15.3 Å². The maximum absolute atomic E-state index is 13.1. The van der Waals surface area contributed by atoms with Gasteiger partial charge in [0.25, 0.3) is 5.91 Å². The average Bonchev–Trinajstić information content (AvgIpc) is 3.25. The van der Waals surface area contributed by atoms with Crippen LogP contribution in [-0.4, -0.2) is 42.2 Å². The van der Waals surface area contributed by atoms with Gasteiger partial charge in [0.15, 0.2) is 27.0 Å². The lowest BCUT2D eigenvalue weighted by Crippen LogP contribution is -2.55. The van der Waals surface area contributed by atoms with Crippen LogP contribution in [0.1, 0.15) is 53.4 Å². The first kappa shape index (κ1) is 23.0. The second-order valence-electron chi connectivity index (χ2n) is 8.03. The highest BCUT2D eigenvalue weighted by Gasteiger charge is 2.45. The average molecular weight is 447 g/mol. The first-order chi connectivity index (χ1) is 14.6. The molecule has 31 heavy (non-hydrogen) atoms. The Morgan fingerprint density at radius 1 is 1.19 bits per heavy atom. The number of sulfone groups is 1. The molecule has 1 fully saturated rings. The van der Waals surface area contributed by atoms with Gasteiger partial charge in [0.05, 0.1) is 11.1 Å². The zero-order valence-electron chi connectivity index (χ0n) is 18.7. The number of fused-ring (bicyclic) bond motifs is 1. The fourth-order valence-electron chi connectivity index (χ4n) is 3.81. The first-order valence-corrected chi connectivity index (χ1v) is 12.5. The SMILES string of the molecule is CC.CC1(C)Oc2cnc(Nc3cccc(S(C)(=O)=O)c3)nc2N(C2CCCC2)C1=O. The van der Waals surface area contributed by atoms with Crippen molar-refractivity contribution in [1.82, 2.24) is 9.97 Å². The van der Waals surface area contributed by atoms with Crippen molar-refractivity contribution in [2.24, 2.45) is 0 Å². The molecule has 1 aliphatic heterocycles. The number of carbonyl (C=O) groups is 1. The zero-order chi connectivity index (χ0) is 22.8. The van der Waals surface area contributed by atoms with Gasteiger partial charge in [0.2, 0.25) is 5.95 Å². The molecular weight excluding hydrogens is 416 g/mol.